The minimum Gasteiger partial charge on any atom is -0.381 e. The standard InChI is InChI=1S/C11H24N2O2/c1-3-9-15-10-5-8-13-7-4-6-11(14)12-2/h13H,3-10H2,1-2H3,(H,12,14). The molecule has 0 spiro atoms. The molecule has 0 saturated heterocycles. The summed E-state index contributed by atoms with van der Waals surface area (Å²) in [5.74, 6) is 0.114. The fourth-order valence-corrected chi connectivity index (χ4v) is 1.17. The summed E-state index contributed by atoms with van der Waals surface area (Å²) >= 11 is 0. The summed E-state index contributed by atoms with van der Waals surface area (Å²) in [4.78, 5) is 10.9. The zero-order valence-electron chi connectivity index (χ0n) is 9.97. The van der Waals surface area contributed by atoms with Crippen molar-refractivity contribution in [1.29, 1.82) is 0 Å². The van der Waals surface area contributed by atoms with E-state index >= 15 is 0 Å². The largest absolute Gasteiger partial charge is 0.381 e. The molecule has 0 aromatic rings. The molecule has 0 bridgehead atoms. The van der Waals surface area contributed by atoms with Crippen molar-refractivity contribution < 1.29 is 9.53 Å². The van der Waals surface area contributed by atoms with Gasteiger partial charge in [-0.2, -0.15) is 0 Å². The second-order valence-corrected chi connectivity index (χ2v) is 3.49. The molecule has 0 aromatic heterocycles. The molecule has 0 fully saturated rings. The van der Waals surface area contributed by atoms with Gasteiger partial charge in [-0.05, 0) is 32.4 Å². The van der Waals surface area contributed by atoms with Gasteiger partial charge in [0, 0.05) is 26.7 Å². The number of amides is 1. The van der Waals surface area contributed by atoms with Crippen molar-refractivity contribution in [3.63, 3.8) is 0 Å². The zero-order valence-corrected chi connectivity index (χ0v) is 9.97. The maximum absolute atomic E-state index is 10.9. The zero-order chi connectivity index (χ0) is 11.4. The first-order valence-electron chi connectivity index (χ1n) is 5.80. The average molecular weight is 216 g/mol. The van der Waals surface area contributed by atoms with Gasteiger partial charge in [0.05, 0.1) is 0 Å². The number of carbonyl (C=O) groups excluding carboxylic acids is 1. The van der Waals surface area contributed by atoms with Gasteiger partial charge in [-0.3, -0.25) is 4.79 Å². The van der Waals surface area contributed by atoms with Gasteiger partial charge in [0.25, 0.3) is 0 Å². The number of rotatable bonds is 10. The van der Waals surface area contributed by atoms with Gasteiger partial charge in [0.1, 0.15) is 0 Å². The first kappa shape index (κ1) is 14.4. The Morgan fingerprint density at radius 1 is 1.20 bits per heavy atom. The first-order valence-corrected chi connectivity index (χ1v) is 5.80. The Morgan fingerprint density at radius 2 is 1.93 bits per heavy atom. The lowest BCUT2D eigenvalue weighted by Gasteiger charge is -2.04. The van der Waals surface area contributed by atoms with Gasteiger partial charge in [-0.15, -0.1) is 0 Å². The second-order valence-electron chi connectivity index (χ2n) is 3.49. The van der Waals surface area contributed by atoms with Gasteiger partial charge in [-0.25, -0.2) is 0 Å². The van der Waals surface area contributed by atoms with E-state index in [0.717, 1.165) is 45.6 Å². The molecule has 4 nitrogen and oxygen atoms in total. The quantitative estimate of drug-likeness (QED) is 0.534. The number of nitrogens with one attached hydrogen (secondary N) is 2. The van der Waals surface area contributed by atoms with E-state index in [0.29, 0.717) is 6.42 Å². The Morgan fingerprint density at radius 3 is 2.60 bits per heavy atom. The van der Waals surface area contributed by atoms with Crippen LogP contribution in [0.25, 0.3) is 0 Å². The van der Waals surface area contributed by atoms with Crippen LogP contribution in [-0.2, 0) is 9.53 Å². The van der Waals surface area contributed by atoms with Crippen LogP contribution in [0.4, 0.5) is 0 Å². The molecule has 0 saturated carbocycles. The highest BCUT2D eigenvalue weighted by Gasteiger charge is 1.96. The van der Waals surface area contributed by atoms with E-state index in [1.807, 2.05) is 0 Å². The molecular formula is C11H24N2O2. The van der Waals surface area contributed by atoms with E-state index in [1.54, 1.807) is 7.05 Å². The molecule has 0 aliphatic rings. The fourth-order valence-electron chi connectivity index (χ4n) is 1.17. The van der Waals surface area contributed by atoms with Crippen molar-refractivity contribution in [2.45, 2.75) is 32.6 Å². The minimum absolute atomic E-state index is 0.114. The van der Waals surface area contributed by atoms with E-state index in [2.05, 4.69) is 17.6 Å². The van der Waals surface area contributed by atoms with Gasteiger partial charge < -0.3 is 15.4 Å². The maximum atomic E-state index is 10.9. The number of hydrogen-bond donors (Lipinski definition) is 2. The molecule has 1 amide bonds. The summed E-state index contributed by atoms with van der Waals surface area (Å²) in [6, 6.07) is 0. The van der Waals surface area contributed by atoms with Crippen LogP contribution in [0, 0.1) is 0 Å². The van der Waals surface area contributed by atoms with Gasteiger partial charge in [0.15, 0.2) is 0 Å². The lowest BCUT2D eigenvalue weighted by molar-refractivity contribution is -0.120. The molecule has 4 heteroatoms. The summed E-state index contributed by atoms with van der Waals surface area (Å²) in [7, 11) is 1.67. The van der Waals surface area contributed by atoms with Crippen LogP contribution >= 0.6 is 0 Å². The smallest absolute Gasteiger partial charge is 0.219 e. The van der Waals surface area contributed by atoms with E-state index in [9.17, 15) is 4.79 Å². The Bertz CT molecular complexity index is 152. The van der Waals surface area contributed by atoms with Crippen LogP contribution in [0.3, 0.4) is 0 Å². The van der Waals surface area contributed by atoms with Crippen LogP contribution in [0.5, 0.6) is 0 Å². The Kier molecular flexibility index (Phi) is 11.0. The molecule has 0 aliphatic heterocycles. The van der Waals surface area contributed by atoms with E-state index in [-0.39, 0.29) is 5.91 Å². The molecule has 0 aromatic carbocycles. The summed E-state index contributed by atoms with van der Waals surface area (Å²) < 4.78 is 5.34. The van der Waals surface area contributed by atoms with Gasteiger partial charge in [0.2, 0.25) is 5.91 Å². The van der Waals surface area contributed by atoms with Gasteiger partial charge in [-0.1, -0.05) is 6.92 Å². The molecule has 2 N–H and O–H groups in total. The van der Waals surface area contributed by atoms with Crippen molar-refractivity contribution in [2.75, 3.05) is 33.4 Å². The number of carbonyl (C=O) groups is 1. The van der Waals surface area contributed by atoms with Crippen LogP contribution in [0.15, 0.2) is 0 Å². The summed E-state index contributed by atoms with van der Waals surface area (Å²) in [5.41, 5.74) is 0. The lowest BCUT2D eigenvalue weighted by Crippen LogP contribution is -2.22. The summed E-state index contributed by atoms with van der Waals surface area (Å²) in [6.45, 7) is 5.67. The predicted octanol–water partition coefficient (Wildman–Crippen LogP) is 0.919. The molecule has 0 heterocycles. The van der Waals surface area contributed by atoms with E-state index in [1.165, 1.54) is 0 Å². The van der Waals surface area contributed by atoms with Crippen LogP contribution in [-0.4, -0.2) is 39.3 Å². The Balaban J connectivity index is 2.95. The first-order chi connectivity index (χ1) is 7.31. The maximum Gasteiger partial charge on any atom is 0.219 e. The topological polar surface area (TPSA) is 50.4 Å². The summed E-state index contributed by atoms with van der Waals surface area (Å²) in [5, 5.41) is 5.89. The van der Waals surface area contributed by atoms with Crippen molar-refractivity contribution in [2.24, 2.45) is 0 Å². The third-order valence-electron chi connectivity index (χ3n) is 2.03. The van der Waals surface area contributed by atoms with Crippen molar-refractivity contribution in [1.82, 2.24) is 10.6 Å². The number of hydrogen-bond acceptors (Lipinski definition) is 3. The highest BCUT2D eigenvalue weighted by Crippen LogP contribution is 1.87. The van der Waals surface area contributed by atoms with E-state index in [4.69, 9.17) is 4.74 Å². The molecule has 90 valence electrons. The van der Waals surface area contributed by atoms with Crippen LogP contribution in [0.2, 0.25) is 0 Å². The molecule has 15 heavy (non-hydrogen) atoms. The Labute approximate surface area is 92.8 Å². The fraction of sp³-hybridized carbons (Fsp3) is 0.909. The third-order valence-corrected chi connectivity index (χ3v) is 2.03. The van der Waals surface area contributed by atoms with E-state index < -0.39 is 0 Å². The van der Waals surface area contributed by atoms with Crippen LogP contribution < -0.4 is 10.6 Å². The molecular weight excluding hydrogens is 192 g/mol. The second kappa shape index (κ2) is 11.5. The highest BCUT2D eigenvalue weighted by atomic mass is 16.5. The molecule has 0 atom stereocenters. The molecule has 0 unspecified atom stereocenters. The predicted molar refractivity (Wildman–Crippen MR) is 61.9 cm³/mol. The van der Waals surface area contributed by atoms with Crippen molar-refractivity contribution in [3.05, 3.63) is 0 Å². The van der Waals surface area contributed by atoms with Gasteiger partial charge >= 0.3 is 0 Å². The van der Waals surface area contributed by atoms with Crippen molar-refractivity contribution >= 4 is 5.91 Å². The van der Waals surface area contributed by atoms with Crippen LogP contribution in [0.1, 0.15) is 32.6 Å². The number of ether oxygens (including phenoxy) is 1. The molecule has 0 rings (SSSR count). The van der Waals surface area contributed by atoms with Crippen molar-refractivity contribution in [3.8, 4) is 0 Å². The lowest BCUT2D eigenvalue weighted by atomic mass is 10.3. The SMILES string of the molecule is CCCOCCCNCCCC(=O)NC. The summed E-state index contributed by atoms with van der Waals surface area (Å²) in [6.07, 6.45) is 3.63. The average Bonchev–Trinajstić information content (AvgIpc) is 2.26. The normalized spacial score (nSPS) is 10.3. The molecule has 0 radical (unpaired) electrons. The Hall–Kier alpha value is -0.610. The minimum atomic E-state index is 0.114. The monoisotopic (exact) mass is 216 g/mol. The highest BCUT2D eigenvalue weighted by molar-refractivity contribution is 5.75. The molecule has 0 aliphatic carbocycles. The third kappa shape index (κ3) is 11.3.